The summed E-state index contributed by atoms with van der Waals surface area (Å²) in [5.74, 6) is -3.27. The van der Waals surface area contributed by atoms with Crippen LogP contribution in [0.1, 0.15) is 31.9 Å². The van der Waals surface area contributed by atoms with E-state index < -0.39 is 52.2 Å². The van der Waals surface area contributed by atoms with Crippen molar-refractivity contribution < 1.29 is 32.3 Å². The molecule has 3 aliphatic rings. The van der Waals surface area contributed by atoms with Crippen LogP contribution >= 0.6 is 0 Å². The van der Waals surface area contributed by atoms with E-state index in [2.05, 4.69) is 5.32 Å². The van der Waals surface area contributed by atoms with Crippen LogP contribution in [-0.2, 0) is 20.5 Å². The lowest BCUT2D eigenvalue weighted by Crippen LogP contribution is -2.61. The Kier molecular flexibility index (Phi) is 4.78. The first-order chi connectivity index (χ1) is 14.9. The van der Waals surface area contributed by atoms with E-state index in [4.69, 9.17) is 10.00 Å². The number of hydrogen-bond donors (Lipinski definition) is 1. The van der Waals surface area contributed by atoms with E-state index in [-0.39, 0.29) is 24.8 Å². The van der Waals surface area contributed by atoms with Gasteiger partial charge in [0.15, 0.2) is 0 Å². The number of ether oxygens (including phenoxy) is 1. The summed E-state index contributed by atoms with van der Waals surface area (Å²) in [5, 5.41) is 11.7. The average molecular weight is 450 g/mol. The molecule has 1 aromatic carbocycles. The largest absolute Gasteiger partial charge is 0.417 e. The highest BCUT2D eigenvalue weighted by molar-refractivity contribution is 6.23. The van der Waals surface area contributed by atoms with Crippen LogP contribution in [0.2, 0.25) is 0 Å². The Hall–Kier alpha value is -3.13. The zero-order valence-electron chi connectivity index (χ0n) is 17.6. The fourth-order valence-electron chi connectivity index (χ4n) is 5.30. The number of nitrogens with one attached hydrogen (secondary N) is 1. The van der Waals surface area contributed by atoms with Gasteiger partial charge in [-0.2, -0.15) is 18.4 Å². The molecule has 0 radical (unpaired) electrons. The van der Waals surface area contributed by atoms with Crippen LogP contribution in [-0.4, -0.2) is 53.6 Å². The highest BCUT2D eigenvalue weighted by Crippen LogP contribution is 2.55. The Morgan fingerprint density at radius 2 is 1.78 bits per heavy atom. The number of morpholine rings is 1. The molecule has 3 saturated heterocycles. The molecule has 0 saturated carbocycles. The fraction of sp³-hybridized carbons (Fsp3) is 0.524. The van der Waals surface area contributed by atoms with E-state index in [0.29, 0.717) is 12.6 Å². The van der Waals surface area contributed by atoms with E-state index in [1.807, 2.05) is 0 Å². The standard InChI is InChI=1S/C21H21F3N4O4/c1-4-26-18(31)27-9-19(2)14-15(20(3,10-27)32-19)17(30)28(16(14)29)12-6-5-11(8-25)13(7-12)21(22,23)24/h5-7,14-15H,4,9-10H2,1-3H3,(H,26,31)/t14-,15+,19+,20-. The zero-order valence-corrected chi connectivity index (χ0v) is 17.6. The van der Waals surface area contributed by atoms with Crippen molar-refractivity contribution in [3.8, 4) is 6.07 Å². The Labute approximate surface area is 181 Å². The number of nitrogens with zero attached hydrogens (tertiary/aromatic N) is 3. The molecule has 1 N–H and O–H groups in total. The third kappa shape index (κ3) is 3.04. The minimum Gasteiger partial charge on any atom is -0.364 e. The van der Waals surface area contributed by atoms with E-state index >= 15 is 0 Å². The van der Waals surface area contributed by atoms with Gasteiger partial charge in [-0.3, -0.25) is 9.59 Å². The molecule has 0 unspecified atom stereocenters. The van der Waals surface area contributed by atoms with Crippen molar-refractivity contribution in [2.75, 3.05) is 24.5 Å². The highest BCUT2D eigenvalue weighted by Gasteiger charge is 2.72. The SMILES string of the molecule is CCNC(=O)N1C[C@@]2(C)O[C@@](C)(C1)[C@H]1C(=O)N(c3ccc(C#N)c(C(F)(F)F)c3)C(=O)[C@H]12. The minimum absolute atomic E-state index is 0.0591. The lowest BCUT2D eigenvalue weighted by Gasteiger charge is -2.44. The number of imide groups is 1. The van der Waals surface area contributed by atoms with Gasteiger partial charge >= 0.3 is 12.2 Å². The number of fused-ring (bicyclic) bond motifs is 5. The molecule has 11 heteroatoms. The Morgan fingerprint density at radius 1 is 1.22 bits per heavy atom. The lowest BCUT2D eigenvalue weighted by atomic mass is 9.79. The van der Waals surface area contributed by atoms with Crippen molar-refractivity contribution >= 4 is 23.5 Å². The van der Waals surface area contributed by atoms with Crippen LogP contribution in [0.15, 0.2) is 18.2 Å². The van der Waals surface area contributed by atoms with Crippen molar-refractivity contribution in [3.05, 3.63) is 29.3 Å². The first-order valence-corrected chi connectivity index (χ1v) is 10.1. The van der Waals surface area contributed by atoms with Gasteiger partial charge in [0.2, 0.25) is 11.8 Å². The first kappa shape index (κ1) is 22.1. The van der Waals surface area contributed by atoms with E-state index in [0.717, 1.165) is 17.0 Å². The predicted molar refractivity (Wildman–Crippen MR) is 104 cm³/mol. The highest BCUT2D eigenvalue weighted by atomic mass is 19.4. The lowest BCUT2D eigenvalue weighted by molar-refractivity contribution is -0.161. The molecule has 0 spiro atoms. The number of carbonyl (C=O) groups excluding carboxylic acids is 3. The number of alkyl halides is 3. The predicted octanol–water partition coefficient (Wildman–Crippen LogP) is 2.28. The Morgan fingerprint density at radius 3 is 2.25 bits per heavy atom. The van der Waals surface area contributed by atoms with Crippen LogP contribution in [0.3, 0.4) is 0 Å². The van der Waals surface area contributed by atoms with Gasteiger partial charge in [-0.25, -0.2) is 9.69 Å². The van der Waals surface area contributed by atoms with Gasteiger partial charge in [-0.1, -0.05) is 0 Å². The van der Waals surface area contributed by atoms with Crippen molar-refractivity contribution in [2.45, 2.75) is 38.1 Å². The molecule has 32 heavy (non-hydrogen) atoms. The Balaban J connectivity index is 1.73. The number of likely N-dealkylation sites (tertiary alicyclic amines) is 1. The summed E-state index contributed by atoms with van der Waals surface area (Å²) in [6.45, 7) is 5.56. The maximum absolute atomic E-state index is 13.4. The zero-order chi connectivity index (χ0) is 23.6. The second kappa shape index (κ2) is 6.93. The summed E-state index contributed by atoms with van der Waals surface area (Å²) in [6, 6.07) is 3.90. The molecule has 170 valence electrons. The topological polar surface area (TPSA) is 103 Å². The molecule has 3 aliphatic heterocycles. The fourth-order valence-corrected chi connectivity index (χ4v) is 5.30. The molecule has 1 aromatic rings. The van der Waals surface area contributed by atoms with Gasteiger partial charge in [-0.15, -0.1) is 0 Å². The second-order valence-corrected chi connectivity index (χ2v) is 8.73. The number of carbonyl (C=O) groups is 3. The van der Waals surface area contributed by atoms with Gasteiger partial charge in [0.25, 0.3) is 0 Å². The van der Waals surface area contributed by atoms with Gasteiger partial charge in [0.05, 0.1) is 59.0 Å². The van der Waals surface area contributed by atoms with Crippen LogP contribution in [0.5, 0.6) is 0 Å². The number of nitriles is 1. The first-order valence-electron chi connectivity index (χ1n) is 10.1. The van der Waals surface area contributed by atoms with Crippen molar-refractivity contribution in [2.24, 2.45) is 11.8 Å². The number of hydrogen-bond acceptors (Lipinski definition) is 5. The van der Waals surface area contributed by atoms with Gasteiger partial charge in [0, 0.05) is 6.54 Å². The molecule has 8 nitrogen and oxygen atoms in total. The smallest absolute Gasteiger partial charge is 0.364 e. The van der Waals surface area contributed by atoms with E-state index in [1.165, 1.54) is 11.0 Å². The number of benzene rings is 1. The monoisotopic (exact) mass is 450 g/mol. The molecule has 3 heterocycles. The van der Waals surface area contributed by atoms with Crippen molar-refractivity contribution in [1.29, 1.82) is 5.26 Å². The summed E-state index contributed by atoms with van der Waals surface area (Å²) >= 11 is 0. The molecule has 0 aliphatic carbocycles. The van der Waals surface area contributed by atoms with Crippen LogP contribution in [0, 0.1) is 23.2 Å². The molecular formula is C21H21F3N4O4. The summed E-state index contributed by atoms with van der Waals surface area (Å²) in [6.07, 6.45) is -4.83. The third-order valence-electron chi connectivity index (χ3n) is 6.40. The van der Waals surface area contributed by atoms with E-state index in [1.54, 1.807) is 20.8 Å². The number of anilines is 1. The Bertz CT molecular complexity index is 1030. The molecule has 2 bridgehead atoms. The number of rotatable bonds is 2. The maximum atomic E-state index is 13.4. The average Bonchev–Trinajstić information content (AvgIpc) is 3.07. The second-order valence-electron chi connectivity index (χ2n) is 8.73. The normalized spacial score (nSPS) is 31.5. The summed E-state index contributed by atoms with van der Waals surface area (Å²) < 4.78 is 46.4. The molecule has 3 fully saturated rings. The minimum atomic E-state index is -4.83. The van der Waals surface area contributed by atoms with Crippen LogP contribution in [0.4, 0.5) is 23.7 Å². The summed E-state index contributed by atoms with van der Waals surface area (Å²) in [5.41, 5.74) is -4.41. The van der Waals surface area contributed by atoms with Crippen LogP contribution < -0.4 is 10.2 Å². The molecule has 4 amide bonds. The van der Waals surface area contributed by atoms with Crippen molar-refractivity contribution in [3.63, 3.8) is 0 Å². The van der Waals surface area contributed by atoms with E-state index in [9.17, 15) is 27.6 Å². The number of halogens is 3. The van der Waals surface area contributed by atoms with Gasteiger partial charge in [-0.05, 0) is 39.0 Å². The summed E-state index contributed by atoms with van der Waals surface area (Å²) in [4.78, 5) is 41.4. The van der Waals surface area contributed by atoms with Gasteiger partial charge in [0.1, 0.15) is 0 Å². The molecule has 4 atom stereocenters. The molecule has 4 rings (SSSR count). The van der Waals surface area contributed by atoms with Gasteiger partial charge < -0.3 is 15.0 Å². The maximum Gasteiger partial charge on any atom is 0.417 e. The quantitative estimate of drug-likeness (QED) is 0.697. The van der Waals surface area contributed by atoms with Crippen LogP contribution in [0.25, 0.3) is 0 Å². The molecule has 0 aromatic heterocycles. The number of amides is 4. The number of urea groups is 1. The molecular weight excluding hydrogens is 429 g/mol. The van der Waals surface area contributed by atoms with Crippen molar-refractivity contribution in [1.82, 2.24) is 10.2 Å². The third-order valence-corrected chi connectivity index (χ3v) is 6.40. The summed E-state index contributed by atoms with van der Waals surface area (Å²) in [7, 11) is 0.